The van der Waals surface area contributed by atoms with Gasteiger partial charge in [-0.15, -0.1) is 0 Å². The molecule has 72 valence electrons. The van der Waals surface area contributed by atoms with Crippen LogP contribution >= 0.6 is 0 Å². The van der Waals surface area contributed by atoms with Crippen molar-refractivity contribution in [2.45, 2.75) is 25.8 Å². The summed E-state index contributed by atoms with van der Waals surface area (Å²) in [7, 11) is -3.06. The van der Waals surface area contributed by atoms with Crippen LogP contribution in [-0.2, 0) is 10.0 Å². The molecule has 1 aliphatic heterocycles. The number of hydrogen-bond acceptors (Lipinski definition) is 3. The highest BCUT2D eigenvalue weighted by molar-refractivity contribution is 7.89. The van der Waals surface area contributed by atoms with Crippen molar-refractivity contribution in [2.75, 3.05) is 18.9 Å². The van der Waals surface area contributed by atoms with Crippen molar-refractivity contribution in [2.24, 2.45) is 0 Å². The van der Waals surface area contributed by atoms with E-state index in [1.54, 1.807) is 6.92 Å². The number of sulfonamides is 1. The fourth-order valence-electron chi connectivity index (χ4n) is 1.39. The summed E-state index contributed by atoms with van der Waals surface area (Å²) in [6, 6.07) is -0.268. The van der Waals surface area contributed by atoms with Gasteiger partial charge in [-0.3, -0.25) is 0 Å². The first-order valence-corrected chi connectivity index (χ1v) is 5.79. The second kappa shape index (κ2) is 3.72. The zero-order chi connectivity index (χ0) is 9.19. The van der Waals surface area contributed by atoms with E-state index in [1.807, 2.05) is 0 Å². The molecule has 0 aliphatic carbocycles. The SMILES string of the molecule is C[C@@H](CO)N1CCCCS1(=O)=O. The van der Waals surface area contributed by atoms with Gasteiger partial charge in [0.2, 0.25) is 10.0 Å². The number of rotatable bonds is 2. The van der Waals surface area contributed by atoms with Crippen LogP contribution in [0.3, 0.4) is 0 Å². The molecule has 0 unspecified atom stereocenters. The molecule has 0 spiro atoms. The van der Waals surface area contributed by atoms with E-state index in [9.17, 15) is 8.42 Å². The Labute approximate surface area is 73.2 Å². The van der Waals surface area contributed by atoms with E-state index in [1.165, 1.54) is 4.31 Å². The maximum atomic E-state index is 11.4. The topological polar surface area (TPSA) is 57.6 Å². The Morgan fingerprint density at radius 1 is 1.50 bits per heavy atom. The monoisotopic (exact) mass is 193 g/mol. The smallest absolute Gasteiger partial charge is 0.214 e. The van der Waals surface area contributed by atoms with Crippen molar-refractivity contribution < 1.29 is 13.5 Å². The summed E-state index contributed by atoms with van der Waals surface area (Å²) in [5.74, 6) is 0.233. The molecule has 1 atom stereocenters. The Kier molecular flexibility index (Phi) is 3.09. The van der Waals surface area contributed by atoms with Gasteiger partial charge in [-0.1, -0.05) is 0 Å². The van der Waals surface area contributed by atoms with Crippen LogP contribution in [0.1, 0.15) is 19.8 Å². The largest absolute Gasteiger partial charge is 0.395 e. The summed E-state index contributed by atoms with van der Waals surface area (Å²) in [5, 5.41) is 8.81. The van der Waals surface area contributed by atoms with Crippen molar-refractivity contribution >= 4 is 10.0 Å². The van der Waals surface area contributed by atoms with Gasteiger partial charge in [0, 0.05) is 12.6 Å². The zero-order valence-corrected chi connectivity index (χ0v) is 8.05. The van der Waals surface area contributed by atoms with Crippen molar-refractivity contribution in [3.05, 3.63) is 0 Å². The first-order valence-electron chi connectivity index (χ1n) is 4.18. The minimum Gasteiger partial charge on any atom is -0.395 e. The van der Waals surface area contributed by atoms with Gasteiger partial charge in [-0.2, -0.15) is 4.31 Å². The van der Waals surface area contributed by atoms with E-state index in [4.69, 9.17) is 5.11 Å². The fraction of sp³-hybridized carbons (Fsp3) is 1.00. The minimum atomic E-state index is -3.06. The van der Waals surface area contributed by atoms with Crippen LogP contribution in [0.4, 0.5) is 0 Å². The third kappa shape index (κ3) is 1.97. The molecule has 0 bridgehead atoms. The average molecular weight is 193 g/mol. The molecule has 0 radical (unpaired) electrons. The van der Waals surface area contributed by atoms with Crippen molar-refractivity contribution in [1.82, 2.24) is 4.31 Å². The number of aliphatic hydroxyl groups excluding tert-OH is 1. The number of aliphatic hydroxyl groups is 1. The third-order valence-electron chi connectivity index (χ3n) is 2.14. The Morgan fingerprint density at radius 2 is 2.17 bits per heavy atom. The molecule has 1 heterocycles. The van der Waals surface area contributed by atoms with Gasteiger partial charge in [0.15, 0.2) is 0 Å². The summed E-state index contributed by atoms with van der Waals surface area (Å²) in [4.78, 5) is 0. The maximum absolute atomic E-state index is 11.4. The third-order valence-corrected chi connectivity index (χ3v) is 4.21. The molecular weight excluding hydrogens is 178 g/mol. The van der Waals surface area contributed by atoms with Gasteiger partial charge in [0.25, 0.3) is 0 Å². The van der Waals surface area contributed by atoms with Gasteiger partial charge in [0.05, 0.1) is 12.4 Å². The Bertz CT molecular complexity index is 237. The summed E-state index contributed by atoms with van der Waals surface area (Å²) < 4.78 is 24.2. The van der Waals surface area contributed by atoms with Crippen LogP contribution in [0.2, 0.25) is 0 Å². The van der Waals surface area contributed by atoms with Gasteiger partial charge < -0.3 is 5.11 Å². The molecule has 5 heteroatoms. The maximum Gasteiger partial charge on any atom is 0.214 e. The van der Waals surface area contributed by atoms with Gasteiger partial charge in [-0.05, 0) is 19.8 Å². The number of hydrogen-bond donors (Lipinski definition) is 1. The van der Waals surface area contributed by atoms with E-state index in [2.05, 4.69) is 0 Å². The lowest BCUT2D eigenvalue weighted by Gasteiger charge is -2.30. The van der Waals surface area contributed by atoms with Crippen molar-refractivity contribution in [3.63, 3.8) is 0 Å². The molecule has 1 aliphatic rings. The lowest BCUT2D eigenvalue weighted by Crippen LogP contribution is -2.45. The summed E-state index contributed by atoms with van der Waals surface area (Å²) in [5.41, 5.74) is 0. The van der Waals surface area contributed by atoms with Crippen LogP contribution in [0.5, 0.6) is 0 Å². The van der Waals surface area contributed by atoms with Crippen LogP contribution in [0, 0.1) is 0 Å². The van der Waals surface area contributed by atoms with E-state index in [0.717, 1.165) is 12.8 Å². The highest BCUT2D eigenvalue weighted by Crippen LogP contribution is 2.16. The Balaban J connectivity index is 2.73. The molecule has 0 aromatic rings. The van der Waals surface area contributed by atoms with E-state index in [0.29, 0.717) is 6.54 Å². The number of nitrogens with zero attached hydrogens (tertiary/aromatic N) is 1. The van der Waals surface area contributed by atoms with E-state index < -0.39 is 10.0 Å². The molecular formula is C7H15NO3S. The second-order valence-electron chi connectivity index (χ2n) is 3.17. The first-order chi connectivity index (χ1) is 5.58. The molecule has 0 amide bonds. The molecule has 1 saturated heterocycles. The summed E-state index contributed by atoms with van der Waals surface area (Å²) in [6.07, 6.45) is 1.65. The first kappa shape index (κ1) is 9.95. The van der Waals surface area contributed by atoms with Crippen molar-refractivity contribution in [1.29, 1.82) is 0 Å². The van der Waals surface area contributed by atoms with Crippen molar-refractivity contribution in [3.8, 4) is 0 Å². The second-order valence-corrected chi connectivity index (χ2v) is 5.21. The molecule has 4 nitrogen and oxygen atoms in total. The molecule has 1 rings (SSSR count). The van der Waals surface area contributed by atoms with Crippen LogP contribution < -0.4 is 0 Å². The van der Waals surface area contributed by atoms with Gasteiger partial charge >= 0.3 is 0 Å². The molecule has 1 fully saturated rings. The molecule has 0 aromatic carbocycles. The standard InChI is InChI=1S/C7H15NO3S/c1-7(6-9)8-4-2-3-5-12(8,10)11/h7,9H,2-6H2,1H3/t7-/m0/s1. The highest BCUT2D eigenvalue weighted by Gasteiger charge is 2.29. The molecule has 1 N–H and O–H groups in total. The van der Waals surface area contributed by atoms with Gasteiger partial charge in [0.1, 0.15) is 0 Å². The van der Waals surface area contributed by atoms with Crippen LogP contribution in [-0.4, -0.2) is 42.8 Å². The lowest BCUT2D eigenvalue weighted by atomic mass is 10.3. The summed E-state index contributed by atoms with van der Waals surface area (Å²) in [6.45, 7) is 2.19. The fourth-order valence-corrected chi connectivity index (χ4v) is 3.22. The molecule has 12 heavy (non-hydrogen) atoms. The Hall–Kier alpha value is -0.130. The average Bonchev–Trinajstić information content (AvgIpc) is 2.02. The normalized spacial score (nSPS) is 26.8. The Morgan fingerprint density at radius 3 is 2.67 bits per heavy atom. The quantitative estimate of drug-likeness (QED) is 0.660. The lowest BCUT2D eigenvalue weighted by molar-refractivity contribution is 0.193. The van der Waals surface area contributed by atoms with E-state index in [-0.39, 0.29) is 18.4 Å². The predicted octanol–water partition coefficient (Wildman–Crippen LogP) is -0.207. The van der Waals surface area contributed by atoms with Crippen LogP contribution in [0.25, 0.3) is 0 Å². The predicted molar refractivity (Wildman–Crippen MR) is 46.3 cm³/mol. The molecule has 0 aromatic heterocycles. The summed E-state index contributed by atoms with van der Waals surface area (Å²) >= 11 is 0. The van der Waals surface area contributed by atoms with Gasteiger partial charge in [-0.25, -0.2) is 8.42 Å². The van der Waals surface area contributed by atoms with Crippen LogP contribution in [0.15, 0.2) is 0 Å². The molecule has 0 saturated carbocycles. The van der Waals surface area contributed by atoms with E-state index >= 15 is 0 Å². The highest BCUT2D eigenvalue weighted by atomic mass is 32.2. The minimum absolute atomic E-state index is 0.0980. The zero-order valence-electron chi connectivity index (χ0n) is 7.23.